The normalized spacial score (nSPS) is 50.0. The number of hydrogen-bond donors (Lipinski definition) is 8. The highest BCUT2D eigenvalue weighted by atomic mass is 16.7. The third-order valence-corrected chi connectivity index (χ3v) is 15.9. The monoisotopic (exact) mass is 768 g/mol. The van der Waals surface area contributed by atoms with Gasteiger partial charge >= 0.3 is 0 Å². The fourth-order valence-corrected chi connectivity index (χ4v) is 12.9. The molecule has 8 N–H and O–H groups in total. The Hall–Kier alpha value is -1.07. The first-order valence-corrected chi connectivity index (χ1v) is 20.3. The van der Waals surface area contributed by atoms with Crippen molar-refractivity contribution >= 4 is 5.78 Å². The maximum Gasteiger partial charge on any atom is 0.186 e. The predicted octanol–water partition coefficient (Wildman–Crippen LogP) is 1.97. The molecule has 54 heavy (non-hydrogen) atoms. The van der Waals surface area contributed by atoms with Crippen LogP contribution in [-0.4, -0.2) is 133 Å². The van der Waals surface area contributed by atoms with Gasteiger partial charge in [0, 0.05) is 24.4 Å². The number of Topliss-reactive ketones (excluding diaryl/α,β-unsaturated/α-hetero) is 1. The van der Waals surface area contributed by atoms with E-state index in [1.54, 1.807) is 0 Å². The van der Waals surface area contributed by atoms with Crippen molar-refractivity contribution in [2.75, 3.05) is 19.8 Å². The van der Waals surface area contributed by atoms with Gasteiger partial charge in [0.25, 0.3) is 0 Å². The lowest BCUT2D eigenvalue weighted by Gasteiger charge is -2.70. The lowest BCUT2D eigenvalue weighted by atomic mass is 9.35. The van der Waals surface area contributed by atoms with Gasteiger partial charge in [-0.05, 0) is 106 Å². The third-order valence-electron chi connectivity index (χ3n) is 15.9. The number of aliphatic hydroxyl groups excluding tert-OH is 7. The molecule has 6 rings (SSSR count). The van der Waals surface area contributed by atoms with E-state index < -0.39 is 90.4 Å². The summed E-state index contributed by atoms with van der Waals surface area (Å²) in [5, 5.41) is 86.3. The fraction of sp³-hybridized carbons (Fsp3) is 0.927. The quantitative estimate of drug-likeness (QED) is 0.118. The van der Waals surface area contributed by atoms with Crippen molar-refractivity contribution < 1.29 is 64.6 Å². The molecule has 4 aliphatic carbocycles. The molecule has 0 aromatic carbocycles. The number of allylic oxidation sites excluding steroid dienone is 2. The predicted molar refractivity (Wildman–Crippen MR) is 195 cm³/mol. The van der Waals surface area contributed by atoms with E-state index >= 15 is 0 Å². The van der Waals surface area contributed by atoms with E-state index in [2.05, 4.69) is 33.8 Å². The molecule has 1 unspecified atom stereocenters. The molecule has 0 aromatic rings. The first-order valence-electron chi connectivity index (χ1n) is 20.3. The van der Waals surface area contributed by atoms with E-state index in [0.29, 0.717) is 25.7 Å². The summed E-state index contributed by atoms with van der Waals surface area (Å²) in [5.74, 6) is -0.0243. The molecule has 6 aliphatic rings. The Morgan fingerprint density at radius 2 is 1.56 bits per heavy atom. The van der Waals surface area contributed by atoms with E-state index in [-0.39, 0.29) is 47.6 Å². The van der Waals surface area contributed by atoms with Gasteiger partial charge in [0.15, 0.2) is 12.6 Å². The summed E-state index contributed by atoms with van der Waals surface area (Å²) >= 11 is 0. The zero-order valence-electron chi connectivity index (χ0n) is 33.3. The maximum atomic E-state index is 14.0. The first kappa shape index (κ1) is 42.5. The SMILES string of the molecule is CC(C)=CCC[C@](C)(O)[C@H]1C(=O)C[C@]2(C)[C@@H]1CC[C@@H]1[C@@]3(CO)CCC(O[C@@H]4O[C@H](CO)[C@@H](O[C@@H]5OC[C@H](O)[C@H](O)[C@H]5O)[C@H](O)[C@H]4O)C(C)(C)[C@@H]3CC[C@]12C. The van der Waals surface area contributed by atoms with Crippen LogP contribution >= 0.6 is 0 Å². The highest BCUT2D eigenvalue weighted by molar-refractivity contribution is 5.86. The number of ether oxygens (including phenoxy) is 4. The van der Waals surface area contributed by atoms with E-state index in [4.69, 9.17) is 18.9 Å². The smallest absolute Gasteiger partial charge is 0.186 e. The van der Waals surface area contributed by atoms with Crippen LogP contribution in [0.25, 0.3) is 0 Å². The van der Waals surface area contributed by atoms with Gasteiger partial charge in [-0.2, -0.15) is 0 Å². The average molecular weight is 769 g/mol. The molecule has 13 nitrogen and oxygen atoms in total. The van der Waals surface area contributed by atoms with Crippen LogP contribution in [0.1, 0.15) is 106 Å². The van der Waals surface area contributed by atoms with Crippen molar-refractivity contribution in [3.05, 3.63) is 11.6 Å². The van der Waals surface area contributed by atoms with Gasteiger partial charge < -0.3 is 59.8 Å². The molecule has 4 saturated carbocycles. The van der Waals surface area contributed by atoms with Gasteiger partial charge in [0.2, 0.25) is 0 Å². The summed E-state index contributed by atoms with van der Waals surface area (Å²) in [6.45, 7) is 13.9. The molecule has 18 atom stereocenters. The topological polar surface area (TPSA) is 216 Å². The minimum atomic E-state index is -1.64. The van der Waals surface area contributed by atoms with E-state index in [9.17, 15) is 45.6 Å². The maximum absolute atomic E-state index is 14.0. The number of rotatable bonds is 10. The van der Waals surface area contributed by atoms with Crippen molar-refractivity contribution in [3.8, 4) is 0 Å². The number of carbonyl (C=O) groups is 1. The molecular weight excluding hydrogens is 700 g/mol. The van der Waals surface area contributed by atoms with Crippen molar-refractivity contribution in [2.24, 2.45) is 45.3 Å². The number of hydrogen-bond acceptors (Lipinski definition) is 13. The largest absolute Gasteiger partial charge is 0.396 e. The Bertz CT molecular complexity index is 1380. The van der Waals surface area contributed by atoms with Crippen LogP contribution < -0.4 is 0 Å². The van der Waals surface area contributed by atoms with E-state index in [0.717, 1.165) is 32.1 Å². The van der Waals surface area contributed by atoms with Crippen LogP contribution in [0, 0.1) is 45.3 Å². The molecule has 2 heterocycles. The number of aliphatic hydroxyl groups is 8. The lowest BCUT2D eigenvalue weighted by molar-refractivity contribution is -0.361. The van der Waals surface area contributed by atoms with Crippen molar-refractivity contribution in [2.45, 2.75) is 173 Å². The Balaban J connectivity index is 1.18. The minimum Gasteiger partial charge on any atom is -0.396 e. The van der Waals surface area contributed by atoms with Gasteiger partial charge in [0.1, 0.15) is 48.5 Å². The highest BCUT2D eigenvalue weighted by Gasteiger charge is 2.72. The minimum absolute atomic E-state index is 0.000298. The van der Waals surface area contributed by atoms with Crippen LogP contribution in [0.2, 0.25) is 0 Å². The Kier molecular flexibility index (Phi) is 12.0. The van der Waals surface area contributed by atoms with Crippen LogP contribution in [0.3, 0.4) is 0 Å². The summed E-state index contributed by atoms with van der Waals surface area (Å²) in [6, 6.07) is 0. The molecule has 0 amide bonds. The molecular formula is C41H68O13. The Morgan fingerprint density at radius 1 is 0.870 bits per heavy atom. The number of fused-ring (bicyclic) bond motifs is 5. The molecule has 0 spiro atoms. The lowest BCUT2D eigenvalue weighted by Crippen LogP contribution is -2.67. The Morgan fingerprint density at radius 3 is 2.20 bits per heavy atom. The van der Waals surface area contributed by atoms with Gasteiger partial charge in [-0.25, -0.2) is 0 Å². The molecule has 310 valence electrons. The molecule has 2 aliphatic heterocycles. The highest BCUT2D eigenvalue weighted by Crippen LogP contribution is 2.75. The summed E-state index contributed by atoms with van der Waals surface area (Å²) in [4.78, 5) is 14.0. The van der Waals surface area contributed by atoms with Gasteiger partial charge in [-0.3, -0.25) is 4.79 Å². The van der Waals surface area contributed by atoms with Gasteiger partial charge in [0.05, 0.1) is 24.9 Å². The zero-order chi connectivity index (χ0) is 39.8. The number of ketones is 1. The second kappa shape index (κ2) is 15.3. The van der Waals surface area contributed by atoms with Crippen molar-refractivity contribution in [1.29, 1.82) is 0 Å². The second-order valence-corrected chi connectivity index (χ2v) is 19.4. The van der Waals surface area contributed by atoms with Gasteiger partial charge in [-0.15, -0.1) is 0 Å². The van der Waals surface area contributed by atoms with E-state index in [1.165, 1.54) is 5.57 Å². The van der Waals surface area contributed by atoms with Crippen LogP contribution in [-0.2, 0) is 23.7 Å². The molecule has 2 saturated heterocycles. The zero-order valence-corrected chi connectivity index (χ0v) is 33.3. The standard InChI is InChI=1S/C41H68O13/c1-21(2)9-8-14-40(7,50)29-22-10-11-27-38(5,39(22,6)17-23(29)44)15-12-26-37(3,4)28(13-16-41(26,27)20-43)53-36-33(49)31(47)34(25(18-42)52-36)54-35-32(48)30(46)24(45)19-51-35/h9,22,24-36,42-43,45-50H,8,10-20H2,1-7H3/t22-,24+,25-,26+,27+,28?,29-,30+,31-,32-,33-,34-,35+,36+,38-,39-,40+,41-/m1/s1. The summed E-state index contributed by atoms with van der Waals surface area (Å²) in [7, 11) is 0. The summed E-state index contributed by atoms with van der Waals surface area (Å²) in [6.07, 6.45) is -5.08. The third kappa shape index (κ3) is 6.77. The van der Waals surface area contributed by atoms with Crippen LogP contribution in [0.4, 0.5) is 0 Å². The van der Waals surface area contributed by atoms with Crippen molar-refractivity contribution in [3.63, 3.8) is 0 Å². The Labute approximate surface area is 320 Å². The fourth-order valence-electron chi connectivity index (χ4n) is 12.9. The second-order valence-electron chi connectivity index (χ2n) is 19.4. The van der Waals surface area contributed by atoms with Crippen LogP contribution in [0.5, 0.6) is 0 Å². The average Bonchev–Trinajstić information content (AvgIpc) is 3.39. The first-order chi connectivity index (χ1) is 25.2. The van der Waals surface area contributed by atoms with Gasteiger partial charge in [-0.1, -0.05) is 39.3 Å². The summed E-state index contributed by atoms with van der Waals surface area (Å²) in [5.41, 5.74) is -1.41. The summed E-state index contributed by atoms with van der Waals surface area (Å²) < 4.78 is 23.6. The van der Waals surface area contributed by atoms with E-state index in [1.807, 2.05) is 20.8 Å². The molecule has 0 bridgehead atoms. The van der Waals surface area contributed by atoms with Crippen molar-refractivity contribution in [1.82, 2.24) is 0 Å². The number of carbonyl (C=O) groups excluding carboxylic acids is 1. The van der Waals surface area contributed by atoms with Crippen LogP contribution in [0.15, 0.2) is 11.6 Å². The molecule has 0 radical (unpaired) electrons. The molecule has 0 aromatic heterocycles. The molecule has 13 heteroatoms. The molecule has 6 fully saturated rings.